The third kappa shape index (κ3) is 7.15. The lowest BCUT2D eigenvalue weighted by molar-refractivity contribution is 0.166. The van der Waals surface area contributed by atoms with Crippen LogP contribution in [0.25, 0.3) is 12.2 Å². The molecule has 3 aromatic carbocycles. The van der Waals surface area contributed by atoms with Crippen LogP contribution in [-0.2, 0) is 6.42 Å². The van der Waals surface area contributed by atoms with Crippen LogP contribution in [0.2, 0.25) is 0 Å². The van der Waals surface area contributed by atoms with Crippen LogP contribution in [0.15, 0.2) is 91.0 Å². The lowest BCUT2D eigenvalue weighted by Crippen LogP contribution is -2.03. The molecule has 0 spiro atoms. The van der Waals surface area contributed by atoms with E-state index in [1.165, 1.54) is 16.7 Å². The minimum Gasteiger partial charge on any atom is -0.389 e. The quantitative estimate of drug-likeness (QED) is 0.344. The summed E-state index contributed by atoms with van der Waals surface area (Å²) in [7, 11) is 0. The Morgan fingerprint density at radius 2 is 1.67 bits per heavy atom. The fourth-order valence-corrected chi connectivity index (χ4v) is 3.97. The zero-order valence-electron chi connectivity index (χ0n) is 19.8. The highest BCUT2D eigenvalue weighted by molar-refractivity contribution is 5.61. The summed E-state index contributed by atoms with van der Waals surface area (Å²) < 4.78 is 0. The van der Waals surface area contributed by atoms with Gasteiger partial charge in [-0.05, 0) is 78.6 Å². The Balaban J connectivity index is 1.62. The van der Waals surface area contributed by atoms with Crippen molar-refractivity contribution in [3.63, 3.8) is 0 Å². The van der Waals surface area contributed by atoms with Gasteiger partial charge in [0, 0.05) is 0 Å². The minimum atomic E-state index is -0.562. The van der Waals surface area contributed by atoms with Crippen LogP contribution in [0.3, 0.4) is 0 Å². The van der Waals surface area contributed by atoms with Gasteiger partial charge in [-0.15, -0.1) is 0 Å². The lowest BCUT2D eigenvalue weighted by Gasteiger charge is -2.15. The Morgan fingerprint density at radius 1 is 0.909 bits per heavy atom. The van der Waals surface area contributed by atoms with Crippen molar-refractivity contribution in [2.75, 3.05) is 0 Å². The van der Waals surface area contributed by atoms with Crippen LogP contribution in [0.4, 0.5) is 0 Å². The minimum absolute atomic E-state index is 0.510. The second-order valence-electron chi connectivity index (χ2n) is 8.70. The molecule has 0 saturated carbocycles. The molecule has 0 aliphatic heterocycles. The number of hydrogen-bond donors (Lipinski definition) is 2. The average Bonchev–Trinajstić information content (AvgIpc) is 2.81. The van der Waals surface area contributed by atoms with E-state index in [2.05, 4.69) is 44.7 Å². The van der Waals surface area contributed by atoms with E-state index >= 15 is 0 Å². The molecule has 0 bridgehead atoms. The maximum atomic E-state index is 10.8. The van der Waals surface area contributed by atoms with Crippen LogP contribution in [0.1, 0.15) is 64.5 Å². The summed E-state index contributed by atoms with van der Waals surface area (Å²) >= 11 is 0. The number of benzene rings is 3. The summed E-state index contributed by atoms with van der Waals surface area (Å²) in [5.74, 6) is 0. The number of allylic oxidation sites excluding steroid dienone is 3. The molecule has 2 N–H and O–H groups in total. The van der Waals surface area contributed by atoms with Gasteiger partial charge in [-0.3, -0.25) is 0 Å². The van der Waals surface area contributed by atoms with Crippen LogP contribution < -0.4 is 0 Å². The molecule has 3 rings (SSSR count). The highest BCUT2D eigenvalue weighted by Gasteiger charge is 2.11. The normalized spacial score (nSPS) is 13.5. The van der Waals surface area contributed by atoms with Crippen molar-refractivity contribution < 1.29 is 10.2 Å². The molecular formula is C31H34O2. The van der Waals surface area contributed by atoms with Gasteiger partial charge in [-0.2, -0.15) is 0 Å². The van der Waals surface area contributed by atoms with Crippen molar-refractivity contribution in [3.05, 3.63) is 130 Å². The van der Waals surface area contributed by atoms with E-state index in [4.69, 9.17) is 0 Å². The van der Waals surface area contributed by atoms with E-state index < -0.39 is 12.2 Å². The molecule has 2 unspecified atom stereocenters. The molecule has 0 aromatic heterocycles. The molecular weight excluding hydrogens is 404 g/mol. The second-order valence-corrected chi connectivity index (χ2v) is 8.70. The van der Waals surface area contributed by atoms with Crippen LogP contribution in [0.5, 0.6) is 0 Å². The highest BCUT2D eigenvalue weighted by atomic mass is 16.3. The van der Waals surface area contributed by atoms with Gasteiger partial charge in [0.2, 0.25) is 0 Å². The van der Waals surface area contributed by atoms with Crippen molar-refractivity contribution in [3.8, 4) is 0 Å². The molecule has 0 saturated heterocycles. The maximum absolute atomic E-state index is 10.8. The predicted octanol–water partition coefficient (Wildman–Crippen LogP) is 7.31. The van der Waals surface area contributed by atoms with Crippen molar-refractivity contribution in [1.29, 1.82) is 0 Å². The molecule has 2 heteroatoms. The molecule has 0 heterocycles. The summed E-state index contributed by atoms with van der Waals surface area (Å²) in [6, 6.07) is 22.3. The van der Waals surface area contributed by atoms with Gasteiger partial charge in [-0.25, -0.2) is 0 Å². The van der Waals surface area contributed by atoms with Gasteiger partial charge in [0.15, 0.2) is 0 Å². The molecule has 0 fully saturated rings. The Morgan fingerprint density at radius 3 is 2.42 bits per heavy atom. The van der Waals surface area contributed by atoms with Gasteiger partial charge in [0.1, 0.15) is 0 Å². The third-order valence-electron chi connectivity index (χ3n) is 5.88. The first-order valence-corrected chi connectivity index (χ1v) is 11.5. The molecule has 33 heavy (non-hydrogen) atoms. The van der Waals surface area contributed by atoms with E-state index in [0.717, 1.165) is 27.8 Å². The van der Waals surface area contributed by atoms with E-state index in [0.29, 0.717) is 12.8 Å². The molecule has 170 valence electrons. The zero-order valence-corrected chi connectivity index (χ0v) is 19.8. The van der Waals surface area contributed by atoms with E-state index in [1.807, 2.05) is 66.8 Å². The van der Waals surface area contributed by atoms with Gasteiger partial charge in [0.25, 0.3) is 0 Å². The summed E-state index contributed by atoms with van der Waals surface area (Å²) in [4.78, 5) is 0. The van der Waals surface area contributed by atoms with Crippen molar-refractivity contribution in [2.24, 2.45) is 0 Å². The largest absolute Gasteiger partial charge is 0.389 e. The molecule has 0 aliphatic carbocycles. The van der Waals surface area contributed by atoms with E-state index in [9.17, 15) is 10.2 Å². The number of aliphatic hydroxyl groups is 2. The summed E-state index contributed by atoms with van der Waals surface area (Å²) in [6.45, 7) is 10.1. The second kappa shape index (κ2) is 11.6. The molecule has 3 aromatic rings. The first-order chi connectivity index (χ1) is 15.8. The number of aliphatic hydroxyl groups excluding tert-OH is 2. The summed E-state index contributed by atoms with van der Waals surface area (Å²) in [6.07, 6.45) is 8.36. The number of aryl methyl sites for hydroxylation is 3. The smallest absolute Gasteiger partial charge is 0.0793 e. The highest BCUT2D eigenvalue weighted by Crippen LogP contribution is 2.24. The van der Waals surface area contributed by atoms with Gasteiger partial charge < -0.3 is 10.2 Å². The first kappa shape index (κ1) is 24.4. The topological polar surface area (TPSA) is 40.5 Å². The first-order valence-electron chi connectivity index (χ1n) is 11.5. The fraction of sp³-hybridized carbons (Fsp3) is 0.226. The predicted molar refractivity (Wildman–Crippen MR) is 140 cm³/mol. The summed E-state index contributed by atoms with van der Waals surface area (Å²) in [5.41, 5.74) is 8.54. The van der Waals surface area contributed by atoms with Gasteiger partial charge in [-0.1, -0.05) is 97.1 Å². The Bertz CT molecular complexity index is 1150. The fourth-order valence-electron chi connectivity index (χ4n) is 3.97. The summed E-state index contributed by atoms with van der Waals surface area (Å²) in [5, 5.41) is 20.7. The van der Waals surface area contributed by atoms with Crippen LogP contribution >= 0.6 is 0 Å². The van der Waals surface area contributed by atoms with Gasteiger partial charge >= 0.3 is 0 Å². The molecule has 0 amide bonds. The van der Waals surface area contributed by atoms with Gasteiger partial charge in [0.05, 0.1) is 12.2 Å². The van der Waals surface area contributed by atoms with Crippen LogP contribution in [-0.4, -0.2) is 10.2 Å². The number of hydrogen-bond acceptors (Lipinski definition) is 2. The van der Waals surface area contributed by atoms with Crippen molar-refractivity contribution in [1.82, 2.24) is 0 Å². The average molecular weight is 439 g/mol. The molecule has 2 atom stereocenters. The SMILES string of the molecule is C=C(/C=C\c1ccc(C)cc1C)/C=C/c1cccc(C(O)CCc2ccccc2C(C)O)c1. The maximum Gasteiger partial charge on any atom is 0.0793 e. The zero-order chi connectivity index (χ0) is 23.8. The lowest BCUT2D eigenvalue weighted by atomic mass is 9.95. The van der Waals surface area contributed by atoms with E-state index in [1.54, 1.807) is 6.92 Å². The molecule has 0 aliphatic rings. The van der Waals surface area contributed by atoms with Crippen LogP contribution in [0, 0.1) is 13.8 Å². The third-order valence-corrected chi connectivity index (χ3v) is 5.88. The standard InChI is InChI=1S/C31H34O2/c1-22(13-16-27-17-14-23(2)20-24(27)3)12-15-26-8-7-10-29(21-26)31(33)19-18-28-9-5-6-11-30(28)25(4)32/h5-17,20-21,25,31-33H,1,18-19H2,2-4H3/b15-12+,16-13-. The van der Waals surface area contributed by atoms with E-state index in [-0.39, 0.29) is 0 Å². The molecule has 2 nitrogen and oxygen atoms in total. The number of rotatable bonds is 9. The Labute approximate surface area is 198 Å². The molecule has 0 radical (unpaired) electrons. The van der Waals surface area contributed by atoms with Crippen molar-refractivity contribution >= 4 is 12.2 Å². The van der Waals surface area contributed by atoms with Crippen molar-refractivity contribution in [2.45, 2.75) is 45.8 Å². The monoisotopic (exact) mass is 438 g/mol. The Kier molecular flexibility index (Phi) is 8.59. The Hall–Kier alpha value is -3.20.